The first kappa shape index (κ1) is 20.1. The van der Waals surface area contributed by atoms with Crippen molar-refractivity contribution < 1.29 is 19.0 Å². The fraction of sp³-hybridized carbons (Fsp3) is 0.261. The van der Waals surface area contributed by atoms with Gasteiger partial charge in [0.2, 0.25) is 0 Å². The van der Waals surface area contributed by atoms with Gasteiger partial charge < -0.3 is 24.4 Å². The molecule has 0 bridgehead atoms. The molecule has 0 fully saturated rings. The molecule has 0 radical (unpaired) electrons. The van der Waals surface area contributed by atoms with Crippen molar-refractivity contribution in [3.63, 3.8) is 0 Å². The van der Waals surface area contributed by atoms with Gasteiger partial charge in [-0.15, -0.1) is 11.3 Å². The second-order valence-electron chi connectivity index (χ2n) is 6.93. The highest BCUT2D eigenvalue weighted by molar-refractivity contribution is 7.10. The van der Waals surface area contributed by atoms with Gasteiger partial charge in [-0.3, -0.25) is 0 Å². The number of methoxy groups -OCH3 is 3. The topological polar surface area (TPSA) is 60.0 Å². The van der Waals surface area contributed by atoms with Gasteiger partial charge in [0.05, 0.1) is 27.4 Å². The van der Waals surface area contributed by atoms with E-state index < -0.39 is 0 Å². The quantitative estimate of drug-likeness (QED) is 0.629. The number of amides is 2. The van der Waals surface area contributed by atoms with Crippen molar-refractivity contribution in [1.82, 2.24) is 4.90 Å². The zero-order valence-corrected chi connectivity index (χ0v) is 18.0. The largest absolute Gasteiger partial charge is 0.497 e. The van der Waals surface area contributed by atoms with Crippen LogP contribution in [0.25, 0.3) is 0 Å². The number of rotatable bonds is 5. The molecule has 0 unspecified atom stereocenters. The Morgan fingerprint density at radius 2 is 1.77 bits per heavy atom. The van der Waals surface area contributed by atoms with Gasteiger partial charge in [-0.25, -0.2) is 4.79 Å². The lowest BCUT2D eigenvalue weighted by Gasteiger charge is -2.37. The van der Waals surface area contributed by atoms with Gasteiger partial charge in [0.25, 0.3) is 0 Å². The van der Waals surface area contributed by atoms with Gasteiger partial charge in [0.1, 0.15) is 5.75 Å². The molecule has 2 amide bonds. The van der Waals surface area contributed by atoms with E-state index in [9.17, 15) is 4.79 Å². The summed E-state index contributed by atoms with van der Waals surface area (Å²) in [4.78, 5) is 16.2. The first-order valence-corrected chi connectivity index (χ1v) is 10.5. The van der Waals surface area contributed by atoms with Gasteiger partial charge in [0.15, 0.2) is 11.5 Å². The molecule has 1 aromatic heterocycles. The van der Waals surface area contributed by atoms with Gasteiger partial charge in [-0.1, -0.05) is 6.07 Å². The Kier molecular flexibility index (Phi) is 5.81. The summed E-state index contributed by atoms with van der Waals surface area (Å²) >= 11 is 1.64. The average Bonchev–Trinajstić information content (AvgIpc) is 3.32. The van der Waals surface area contributed by atoms with Crippen LogP contribution in [0.3, 0.4) is 0 Å². The number of carbonyl (C=O) groups is 1. The molecule has 1 N–H and O–H groups in total. The van der Waals surface area contributed by atoms with Crippen molar-refractivity contribution in [3.8, 4) is 17.2 Å². The zero-order chi connectivity index (χ0) is 21.1. The smallest absolute Gasteiger partial charge is 0.322 e. The lowest BCUT2D eigenvalue weighted by Crippen LogP contribution is -2.42. The molecular weight excluding hydrogens is 400 g/mol. The highest BCUT2D eigenvalue weighted by Crippen LogP contribution is 2.42. The summed E-state index contributed by atoms with van der Waals surface area (Å²) < 4.78 is 16.2. The van der Waals surface area contributed by atoms with Crippen LogP contribution in [0.1, 0.15) is 22.0 Å². The first-order valence-electron chi connectivity index (χ1n) is 9.64. The number of ether oxygens (including phenoxy) is 3. The molecule has 2 aromatic carbocycles. The lowest BCUT2D eigenvalue weighted by molar-refractivity contribution is 0.194. The second kappa shape index (κ2) is 8.67. The average molecular weight is 425 g/mol. The van der Waals surface area contributed by atoms with Gasteiger partial charge in [0, 0.05) is 17.1 Å². The molecule has 2 heterocycles. The van der Waals surface area contributed by atoms with Crippen LogP contribution in [0.5, 0.6) is 17.2 Å². The standard InChI is InChI=1S/C23H24N2O4S/c1-27-17-8-6-16(7-9-17)24-23(26)25-11-10-15-13-19(28-2)20(29-3)14-18(15)22(25)21-5-4-12-30-21/h4-9,12-14,22H,10-11H2,1-3H3,(H,24,26)/t22-/m0/s1. The van der Waals surface area contributed by atoms with Crippen LogP contribution in [-0.2, 0) is 6.42 Å². The van der Waals surface area contributed by atoms with E-state index in [0.29, 0.717) is 18.0 Å². The van der Waals surface area contributed by atoms with E-state index in [1.807, 2.05) is 52.7 Å². The number of hydrogen-bond acceptors (Lipinski definition) is 5. The summed E-state index contributed by atoms with van der Waals surface area (Å²) in [6.45, 7) is 0.604. The van der Waals surface area contributed by atoms with Crippen molar-refractivity contribution >= 4 is 23.1 Å². The molecule has 0 aliphatic carbocycles. The highest BCUT2D eigenvalue weighted by Gasteiger charge is 2.34. The van der Waals surface area contributed by atoms with Crippen molar-refractivity contribution in [2.24, 2.45) is 0 Å². The third-order valence-corrected chi connectivity index (χ3v) is 6.21. The second-order valence-corrected chi connectivity index (χ2v) is 7.91. The molecule has 7 heteroatoms. The summed E-state index contributed by atoms with van der Waals surface area (Å²) in [5, 5.41) is 5.05. The van der Waals surface area contributed by atoms with Crippen LogP contribution in [0.15, 0.2) is 53.9 Å². The molecule has 4 rings (SSSR count). The maximum atomic E-state index is 13.2. The summed E-state index contributed by atoms with van der Waals surface area (Å²) in [5.74, 6) is 2.12. The van der Waals surface area contributed by atoms with Crippen LogP contribution < -0.4 is 19.5 Å². The molecule has 156 valence electrons. The molecule has 1 atom stereocenters. The molecule has 6 nitrogen and oxygen atoms in total. The van der Waals surface area contributed by atoms with E-state index in [-0.39, 0.29) is 12.1 Å². The van der Waals surface area contributed by atoms with E-state index in [0.717, 1.165) is 28.3 Å². The third kappa shape index (κ3) is 3.80. The Morgan fingerprint density at radius 1 is 1.03 bits per heavy atom. The zero-order valence-electron chi connectivity index (χ0n) is 17.2. The van der Waals surface area contributed by atoms with Crippen molar-refractivity contribution in [2.45, 2.75) is 12.5 Å². The van der Waals surface area contributed by atoms with Crippen molar-refractivity contribution in [2.75, 3.05) is 33.2 Å². The summed E-state index contributed by atoms with van der Waals surface area (Å²) in [7, 11) is 4.88. The SMILES string of the molecule is COc1ccc(NC(=O)N2CCc3cc(OC)c(OC)cc3[C@H]2c2cccs2)cc1. The predicted octanol–water partition coefficient (Wildman–Crippen LogP) is 4.95. The van der Waals surface area contributed by atoms with Crippen LogP contribution in [0.4, 0.5) is 10.5 Å². The number of carbonyl (C=O) groups excluding carboxylic acids is 1. The number of fused-ring (bicyclic) bond motifs is 1. The summed E-state index contributed by atoms with van der Waals surface area (Å²) in [5.41, 5.74) is 2.95. The Hall–Kier alpha value is -3.19. The Balaban J connectivity index is 1.68. The molecule has 1 aliphatic heterocycles. The maximum Gasteiger partial charge on any atom is 0.322 e. The molecule has 30 heavy (non-hydrogen) atoms. The number of anilines is 1. The van der Waals surface area contributed by atoms with Crippen LogP contribution in [0.2, 0.25) is 0 Å². The van der Waals surface area contributed by atoms with Gasteiger partial charge in [-0.2, -0.15) is 0 Å². The van der Waals surface area contributed by atoms with Crippen molar-refractivity contribution in [1.29, 1.82) is 0 Å². The minimum Gasteiger partial charge on any atom is -0.497 e. The molecule has 1 aliphatic rings. The lowest BCUT2D eigenvalue weighted by atomic mass is 9.91. The highest BCUT2D eigenvalue weighted by atomic mass is 32.1. The molecule has 0 spiro atoms. The Morgan fingerprint density at radius 3 is 2.40 bits per heavy atom. The normalized spacial score (nSPS) is 15.3. The third-order valence-electron chi connectivity index (χ3n) is 5.29. The summed E-state index contributed by atoms with van der Waals surface area (Å²) in [6.07, 6.45) is 0.744. The maximum absolute atomic E-state index is 13.2. The molecular formula is C23H24N2O4S. The first-order chi connectivity index (χ1) is 14.6. The predicted molar refractivity (Wildman–Crippen MR) is 118 cm³/mol. The fourth-order valence-corrected chi connectivity index (χ4v) is 4.64. The summed E-state index contributed by atoms with van der Waals surface area (Å²) in [6, 6.07) is 15.1. The fourth-order valence-electron chi connectivity index (χ4n) is 3.79. The van der Waals surface area contributed by atoms with Crippen LogP contribution >= 0.6 is 11.3 Å². The number of nitrogens with one attached hydrogen (secondary N) is 1. The number of thiophene rings is 1. The van der Waals surface area contributed by atoms with E-state index >= 15 is 0 Å². The monoisotopic (exact) mass is 424 g/mol. The Labute approximate surface area is 180 Å². The number of urea groups is 1. The van der Waals surface area contributed by atoms with E-state index in [1.54, 1.807) is 32.7 Å². The van der Waals surface area contributed by atoms with E-state index in [1.165, 1.54) is 5.56 Å². The molecule has 3 aromatic rings. The Bertz CT molecular complexity index is 1020. The number of hydrogen-bond donors (Lipinski definition) is 1. The van der Waals surface area contributed by atoms with Crippen LogP contribution in [0, 0.1) is 0 Å². The van der Waals surface area contributed by atoms with Gasteiger partial charge >= 0.3 is 6.03 Å². The van der Waals surface area contributed by atoms with E-state index in [2.05, 4.69) is 11.4 Å². The van der Waals surface area contributed by atoms with E-state index in [4.69, 9.17) is 14.2 Å². The molecule has 0 saturated carbocycles. The minimum atomic E-state index is -0.188. The number of benzene rings is 2. The minimum absolute atomic E-state index is 0.140. The molecule has 0 saturated heterocycles. The van der Waals surface area contributed by atoms with Crippen molar-refractivity contribution in [3.05, 3.63) is 69.9 Å². The van der Waals surface area contributed by atoms with Crippen LogP contribution in [-0.4, -0.2) is 38.8 Å². The van der Waals surface area contributed by atoms with Gasteiger partial charge in [-0.05, 0) is 65.4 Å². The number of nitrogens with zero attached hydrogens (tertiary/aromatic N) is 1.